The van der Waals surface area contributed by atoms with E-state index in [0.717, 1.165) is 6.04 Å². The SMILES string of the molecule is C1CCC(NC2CCC3CCC2O3)C1. The Bertz CT molecular complexity index is 200. The summed E-state index contributed by atoms with van der Waals surface area (Å²) in [6, 6.07) is 1.48. The van der Waals surface area contributed by atoms with Gasteiger partial charge in [-0.25, -0.2) is 0 Å². The number of fused-ring (bicyclic) bond motifs is 2. The quantitative estimate of drug-likeness (QED) is 0.729. The van der Waals surface area contributed by atoms with Crippen LogP contribution in [0, 0.1) is 0 Å². The summed E-state index contributed by atoms with van der Waals surface area (Å²) in [6.45, 7) is 0. The highest BCUT2D eigenvalue weighted by Gasteiger charge is 2.37. The molecule has 2 heterocycles. The lowest BCUT2D eigenvalue weighted by Gasteiger charge is -2.32. The Labute approximate surface area is 86.4 Å². The van der Waals surface area contributed by atoms with E-state index in [0.29, 0.717) is 18.2 Å². The first-order chi connectivity index (χ1) is 6.92. The summed E-state index contributed by atoms with van der Waals surface area (Å²) in [7, 11) is 0. The molecule has 3 fully saturated rings. The van der Waals surface area contributed by atoms with Gasteiger partial charge < -0.3 is 10.1 Å². The molecular weight excluding hydrogens is 174 g/mol. The summed E-state index contributed by atoms with van der Waals surface area (Å²) >= 11 is 0. The second kappa shape index (κ2) is 3.82. The monoisotopic (exact) mass is 195 g/mol. The first-order valence-electron chi connectivity index (χ1n) is 6.33. The molecule has 0 amide bonds. The molecule has 0 radical (unpaired) electrons. The summed E-state index contributed by atoms with van der Waals surface area (Å²) in [5.74, 6) is 0. The predicted octanol–water partition coefficient (Wildman–Crippen LogP) is 2.23. The van der Waals surface area contributed by atoms with Crippen molar-refractivity contribution in [3.63, 3.8) is 0 Å². The molecule has 2 nitrogen and oxygen atoms in total. The highest BCUT2D eigenvalue weighted by atomic mass is 16.5. The molecule has 0 aromatic heterocycles. The molecular formula is C12H21NO. The van der Waals surface area contributed by atoms with Gasteiger partial charge in [0.25, 0.3) is 0 Å². The Balaban J connectivity index is 1.56. The summed E-state index contributed by atoms with van der Waals surface area (Å²) < 4.78 is 5.96. The van der Waals surface area contributed by atoms with Crippen molar-refractivity contribution in [3.05, 3.63) is 0 Å². The zero-order valence-corrected chi connectivity index (χ0v) is 8.87. The number of hydrogen-bond acceptors (Lipinski definition) is 2. The van der Waals surface area contributed by atoms with Crippen LogP contribution in [-0.4, -0.2) is 24.3 Å². The fraction of sp³-hybridized carbons (Fsp3) is 1.00. The first-order valence-corrected chi connectivity index (χ1v) is 6.33. The third-order valence-electron chi connectivity index (χ3n) is 4.19. The molecule has 2 aliphatic heterocycles. The minimum atomic E-state index is 0.550. The summed E-state index contributed by atoms with van der Waals surface area (Å²) in [4.78, 5) is 0. The second-order valence-corrected chi connectivity index (χ2v) is 5.21. The van der Waals surface area contributed by atoms with Crippen LogP contribution < -0.4 is 5.32 Å². The highest BCUT2D eigenvalue weighted by Crippen LogP contribution is 2.33. The second-order valence-electron chi connectivity index (χ2n) is 5.21. The van der Waals surface area contributed by atoms with E-state index in [1.807, 2.05) is 0 Å². The van der Waals surface area contributed by atoms with E-state index in [2.05, 4.69) is 5.32 Å². The zero-order chi connectivity index (χ0) is 9.38. The smallest absolute Gasteiger partial charge is 0.0732 e. The Morgan fingerprint density at radius 3 is 2.50 bits per heavy atom. The minimum Gasteiger partial charge on any atom is -0.373 e. The fourth-order valence-electron chi connectivity index (χ4n) is 3.38. The number of rotatable bonds is 2. The average Bonchev–Trinajstić information content (AvgIpc) is 2.80. The normalized spacial score (nSPS) is 43.3. The van der Waals surface area contributed by atoms with Gasteiger partial charge in [0.2, 0.25) is 0 Å². The summed E-state index contributed by atoms with van der Waals surface area (Å²) in [6.07, 6.45) is 12.1. The first kappa shape index (κ1) is 9.17. The fourth-order valence-corrected chi connectivity index (χ4v) is 3.38. The van der Waals surface area contributed by atoms with Gasteiger partial charge in [-0.3, -0.25) is 0 Å². The lowest BCUT2D eigenvalue weighted by Crippen LogP contribution is -2.46. The molecule has 14 heavy (non-hydrogen) atoms. The van der Waals surface area contributed by atoms with Crippen LogP contribution in [0.1, 0.15) is 51.4 Å². The summed E-state index contributed by atoms with van der Waals surface area (Å²) in [5, 5.41) is 3.82. The van der Waals surface area contributed by atoms with Crippen molar-refractivity contribution in [2.45, 2.75) is 75.7 Å². The van der Waals surface area contributed by atoms with Crippen molar-refractivity contribution < 1.29 is 4.74 Å². The Morgan fingerprint density at radius 1 is 0.857 bits per heavy atom. The van der Waals surface area contributed by atoms with E-state index < -0.39 is 0 Å². The molecule has 3 aliphatic rings. The lowest BCUT2D eigenvalue weighted by atomic mass is 10.0. The number of ether oxygens (including phenoxy) is 1. The molecule has 0 aromatic carbocycles. The van der Waals surface area contributed by atoms with Crippen LogP contribution in [0.3, 0.4) is 0 Å². The standard InChI is InChI=1S/C12H21NO/c1-2-4-9(3-1)13-11-7-5-10-6-8-12(11)14-10/h9-13H,1-8H2. The third-order valence-corrected chi connectivity index (χ3v) is 4.19. The molecule has 3 unspecified atom stereocenters. The Morgan fingerprint density at radius 2 is 1.64 bits per heavy atom. The van der Waals surface area contributed by atoms with Crippen molar-refractivity contribution in [1.29, 1.82) is 0 Å². The maximum Gasteiger partial charge on any atom is 0.0732 e. The number of hydrogen-bond donors (Lipinski definition) is 1. The van der Waals surface area contributed by atoms with Crippen molar-refractivity contribution >= 4 is 0 Å². The minimum absolute atomic E-state index is 0.550. The van der Waals surface area contributed by atoms with Gasteiger partial charge in [0.05, 0.1) is 12.2 Å². The molecule has 2 bridgehead atoms. The Hall–Kier alpha value is -0.0800. The van der Waals surface area contributed by atoms with E-state index in [9.17, 15) is 0 Å². The van der Waals surface area contributed by atoms with E-state index in [4.69, 9.17) is 4.74 Å². The van der Waals surface area contributed by atoms with Gasteiger partial charge in [0.15, 0.2) is 0 Å². The molecule has 3 atom stereocenters. The topological polar surface area (TPSA) is 21.3 Å². The van der Waals surface area contributed by atoms with E-state index in [-0.39, 0.29) is 0 Å². The predicted molar refractivity (Wildman–Crippen MR) is 56.3 cm³/mol. The molecule has 1 saturated carbocycles. The van der Waals surface area contributed by atoms with Gasteiger partial charge in [-0.05, 0) is 38.5 Å². The molecule has 0 spiro atoms. The molecule has 80 valence electrons. The molecule has 0 aromatic rings. The number of nitrogens with one attached hydrogen (secondary N) is 1. The van der Waals surface area contributed by atoms with Crippen molar-refractivity contribution in [1.82, 2.24) is 5.32 Å². The van der Waals surface area contributed by atoms with Crippen molar-refractivity contribution in [2.24, 2.45) is 0 Å². The third kappa shape index (κ3) is 1.70. The molecule has 2 heteroatoms. The van der Waals surface area contributed by atoms with Crippen LogP contribution in [-0.2, 0) is 4.74 Å². The van der Waals surface area contributed by atoms with Crippen LogP contribution in [0.15, 0.2) is 0 Å². The van der Waals surface area contributed by atoms with Crippen molar-refractivity contribution in [3.8, 4) is 0 Å². The lowest BCUT2D eigenvalue weighted by molar-refractivity contribution is -0.0188. The zero-order valence-electron chi connectivity index (χ0n) is 8.87. The maximum atomic E-state index is 5.96. The van der Waals surface area contributed by atoms with Crippen LogP contribution >= 0.6 is 0 Å². The van der Waals surface area contributed by atoms with Gasteiger partial charge in [-0.1, -0.05) is 12.8 Å². The molecule has 1 N–H and O–H groups in total. The van der Waals surface area contributed by atoms with Crippen molar-refractivity contribution in [2.75, 3.05) is 0 Å². The largest absolute Gasteiger partial charge is 0.373 e. The molecule has 1 aliphatic carbocycles. The molecule has 2 saturated heterocycles. The van der Waals surface area contributed by atoms with Gasteiger partial charge in [-0.15, -0.1) is 0 Å². The Kier molecular flexibility index (Phi) is 2.50. The van der Waals surface area contributed by atoms with Crippen LogP contribution in [0.5, 0.6) is 0 Å². The molecule has 3 rings (SSSR count). The highest BCUT2D eigenvalue weighted by molar-refractivity contribution is 4.92. The maximum absolute atomic E-state index is 5.96. The van der Waals surface area contributed by atoms with E-state index in [1.54, 1.807) is 0 Å². The summed E-state index contributed by atoms with van der Waals surface area (Å²) in [5.41, 5.74) is 0. The van der Waals surface area contributed by atoms with Gasteiger partial charge in [0.1, 0.15) is 0 Å². The van der Waals surface area contributed by atoms with Gasteiger partial charge >= 0.3 is 0 Å². The van der Waals surface area contributed by atoms with E-state index >= 15 is 0 Å². The van der Waals surface area contributed by atoms with Crippen LogP contribution in [0.25, 0.3) is 0 Å². The van der Waals surface area contributed by atoms with Crippen LogP contribution in [0.2, 0.25) is 0 Å². The van der Waals surface area contributed by atoms with E-state index in [1.165, 1.54) is 51.4 Å². The average molecular weight is 195 g/mol. The van der Waals surface area contributed by atoms with Gasteiger partial charge in [0, 0.05) is 12.1 Å². The van der Waals surface area contributed by atoms with Gasteiger partial charge in [-0.2, -0.15) is 0 Å². The van der Waals surface area contributed by atoms with Crippen LogP contribution in [0.4, 0.5) is 0 Å².